The van der Waals surface area contributed by atoms with Gasteiger partial charge in [0.25, 0.3) is 0 Å². The highest BCUT2D eigenvalue weighted by atomic mass is 32.2. The lowest BCUT2D eigenvalue weighted by atomic mass is 10.1. The van der Waals surface area contributed by atoms with E-state index in [2.05, 4.69) is 26.3 Å². The van der Waals surface area contributed by atoms with E-state index in [9.17, 15) is 5.11 Å². The summed E-state index contributed by atoms with van der Waals surface area (Å²) in [5.74, 6) is 1.54. The number of benzene rings is 3. The molecule has 35 heavy (non-hydrogen) atoms. The second-order valence-electron chi connectivity index (χ2n) is 7.57. The Labute approximate surface area is 206 Å². The van der Waals surface area contributed by atoms with Crippen molar-refractivity contribution in [2.75, 3.05) is 5.32 Å². The van der Waals surface area contributed by atoms with Gasteiger partial charge < -0.3 is 15.2 Å². The van der Waals surface area contributed by atoms with Crippen LogP contribution in [0.3, 0.4) is 0 Å². The number of hydrogen-bond donors (Lipinski definition) is 2. The highest BCUT2D eigenvalue weighted by Crippen LogP contribution is 2.38. The van der Waals surface area contributed by atoms with E-state index in [1.165, 1.54) is 6.33 Å². The van der Waals surface area contributed by atoms with Crippen LogP contribution in [0.2, 0.25) is 0 Å². The molecule has 0 fully saturated rings. The topological polar surface area (TPSA) is 104 Å². The zero-order valence-electron chi connectivity index (χ0n) is 18.4. The van der Waals surface area contributed by atoms with Crippen LogP contribution < -0.4 is 10.1 Å². The van der Waals surface area contributed by atoms with Gasteiger partial charge in [-0.05, 0) is 66.2 Å². The first-order chi connectivity index (χ1) is 17.2. The normalized spacial score (nSPS) is 10.6. The monoisotopic (exact) mass is 477 g/mol. The predicted molar refractivity (Wildman–Crippen MR) is 135 cm³/mol. The van der Waals surface area contributed by atoms with Gasteiger partial charge in [-0.2, -0.15) is 5.26 Å². The van der Waals surface area contributed by atoms with E-state index in [0.717, 1.165) is 26.4 Å². The molecule has 0 aliphatic heterocycles. The molecule has 0 amide bonds. The lowest BCUT2D eigenvalue weighted by Gasteiger charge is -2.15. The summed E-state index contributed by atoms with van der Waals surface area (Å²) < 4.78 is 6.04. The highest BCUT2D eigenvalue weighted by Gasteiger charge is 2.11. The van der Waals surface area contributed by atoms with Crippen LogP contribution in [0.25, 0.3) is 11.0 Å². The van der Waals surface area contributed by atoms with Crippen LogP contribution in [0.4, 0.5) is 11.5 Å². The van der Waals surface area contributed by atoms with E-state index < -0.39 is 0 Å². The minimum absolute atomic E-state index is 0.221. The van der Waals surface area contributed by atoms with Crippen molar-refractivity contribution in [3.63, 3.8) is 0 Å². The summed E-state index contributed by atoms with van der Waals surface area (Å²) in [5, 5.41) is 22.8. The summed E-state index contributed by atoms with van der Waals surface area (Å²) in [6, 6.07) is 26.1. The molecule has 170 valence electrons. The van der Waals surface area contributed by atoms with Crippen molar-refractivity contribution in [1.82, 2.24) is 15.0 Å². The summed E-state index contributed by atoms with van der Waals surface area (Å²) in [6.07, 6.45) is 3.18. The van der Waals surface area contributed by atoms with Crippen LogP contribution in [-0.4, -0.2) is 20.1 Å². The Morgan fingerprint density at radius 1 is 0.943 bits per heavy atom. The number of aromatic nitrogens is 3. The molecule has 5 rings (SSSR count). The zero-order valence-corrected chi connectivity index (χ0v) is 19.2. The molecule has 0 aliphatic rings. The van der Waals surface area contributed by atoms with Crippen molar-refractivity contribution in [1.29, 1.82) is 5.26 Å². The molecule has 7 nitrogen and oxygen atoms in total. The van der Waals surface area contributed by atoms with Gasteiger partial charge in [0.15, 0.2) is 5.65 Å². The second kappa shape index (κ2) is 10.1. The van der Waals surface area contributed by atoms with Crippen LogP contribution in [0.1, 0.15) is 11.1 Å². The van der Waals surface area contributed by atoms with Gasteiger partial charge >= 0.3 is 0 Å². The molecule has 0 atom stereocenters. The maximum absolute atomic E-state index is 9.62. The lowest BCUT2D eigenvalue weighted by molar-refractivity contribution is 0.306. The second-order valence-corrected chi connectivity index (χ2v) is 8.69. The Balaban J connectivity index is 1.45. The molecule has 2 aromatic heterocycles. The van der Waals surface area contributed by atoms with Gasteiger partial charge in [0, 0.05) is 22.1 Å². The van der Waals surface area contributed by atoms with E-state index >= 15 is 0 Å². The summed E-state index contributed by atoms with van der Waals surface area (Å²) >= 11 is 1.56. The van der Waals surface area contributed by atoms with Gasteiger partial charge in [-0.3, -0.25) is 0 Å². The Hall–Kier alpha value is -4.61. The number of ether oxygens (including phenoxy) is 1. The van der Waals surface area contributed by atoms with Crippen LogP contribution in [-0.2, 0) is 6.61 Å². The Bertz CT molecular complexity index is 1510. The molecule has 2 heterocycles. The number of rotatable bonds is 7. The molecule has 3 aromatic carbocycles. The van der Waals surface area contributed by atoms with Crippen molar-refractivity contribution in [3.05, 3.63) is 103 Å². The zero-order chi connectivity index (χ0) is 24.0. The molecule has 0 spiro atoms. The molecule has 0 radical (unpaired) electrons. The lowest BCUT2D eigenvalue weighted by Crippen LogP contribution is -2.00. The fourth-order valence-electron chi connectivity index (χ4n) is 3.39. The van der Waals surface area contributed by atoms with Gasteiger partial charge in [-0.15, -0.1) is 0 Å². The molecular formula is C27H19N5O2S. The average molecular weight is 478 g/mol. The van der Waals surface area contributed by atoms with Crippen molar-refractivity contribution >= 4 is 34.3 Å². The van der Waals surface area contributed by atoms with Crippen LogP contribution in [0.15, 0.2) is 101 Å². The SMILES string of the molecule is N#Cc1ccc(COc2ccc(Sc3ccc(O)cc3)c(Nc3ncnc4ncccc34)c2)cc1. The maximum atomic E-state index is 9.62. The molecule has 0 bridgehead atoms. The summed E-state index contributed by atoms with van der Waals surface area (Å²) in [4.78, 5) is 14.9. The first-order valence-corrected chi connectivity index (χ1v) is 11.5. The summed E-state index contributed by atoms with van der Waals surface area (Å²) in [5.41, 5.74) is 2.99. The van der Waals surface area contributed by atoms with Crippen LogP contribution >= 0.6 is 11.8 Å². The van der Waals surface area contributed by atoms with Crippen molar-refractivity contribution < 1.29 is 9.84 Å². The number of fused-ring (bicyclic) bond motifs is 1. The minimum atomic E-state index is 0.221. The quantitative estimate of drug-likeness (QED) is 0.291. The standard InChI is InChI=1S/C27H19N5O2S/c28-15-18-3-5-19(6-4-18)16-34-21-9-12-25(35-22-10-7-20(33)8-11-22)24(14-21)32-27-23-2-1-13-29-26(23)30-17-31-27/h1-14,17,33H,16H2,(H,29,30,31,32). The minimum Gasteiger partial charge on any atom is -0.508 e. The molecule has 5 aromatic rings. The molecule has 0 saturated carbocycles. The number of nitrogens with zero attached hydrogens (tertiary/aromatic N) is 4. The smallest absolute Gasteiger partial charge is 0.164 e. The van der Waals surface area contributed by atoms with Gasteiger partial charge in [0.05, 0.1) is 22.7 Å². The van der Waals surface area contributed by atoms with E-state index in [4.69, 9.17) is 10.00 Å². The third kappa shape index (κ3) is 5.32. The average Bonchev–Trinajstić information content (AvgIpc) is 2.90. The number of phenolic OH excluding ortho intramolecular Hbond substituents is 1. The van der Waals surface area contributed by atoms with Crippen molar-refractivity contribution in [2.45, 2.75) is 16.4 Å². The van der Waals surface area contributed by atoms with Gasteiger partial charge in [-0.25, -0.2) is 15.0 Å². The number of anilines is 2. The summed E-state index contributed by atoms with van der Waals surface area (Å²) in [6.45, 7) is 0.371. The fourth-order valence-corrected chi connectivity index (χ4v) is 4.27. The number of hydrogen-bond acceptors (Lipinski definition) is 8. The molecular weight excluding hydrogens is 458 g/mol. The Morgan fingerprint density at radius 3 is 2.57 bits per heavy atom. The third-order valence-corrected chi connectivity index (χ3v) is 6.25. The van der Waals surface area contributed by atoms with Crippen molar-refractivity contribution in [2.24, 2.45) is 0 Å². The number of nitriles is 1. The van der Waals surface area contributed by atoms with Gasteiger partial charge in [-0.1, -0.05) is 23.9 Å². The fraction of sp³-hybridized carbons (Fsp3) is 0.0370. The van der Waals surface area contributed by atoms with E-state index in [1.54, 1.807) is 42.2 Å². The molecule has 0 saturated heterocycles. The molecule has 2 N–H and O–H groups in total. The first kappa shape index (κ1) is 22.2. The number of pyridine rings is 1. The Morgan fingerprint density at radius 2 is 1.77 bits per heavy atom. The van der Waals surface area contributed by atoms with E-state index in [0.29, 0.717) is 29.4 Å². The largest absolute Gasteiger partial charge is 0.508 e. The first-order valence-electron chi connectivity index (χ1n) is 10.7. The number of aromatic hydroxyl groups is 1. The Kier molecular flexibility index (Phi) is 6.42. The van der Waals surface area contributed by atoms with Crippen LogP contribution in [0.5, 0.6) is 11.5 Å². The van der Waals surface area contributed by atoms with Crippen molar-refractivity contribution in [3.8, 4) is 17.6 Å². The highest BCUT2D eigenvalue weighted by molar-refractivity contribution is 7.99. The summed E-state index contributed by atoms with van der Waals surface area (Å²) in [7, 11) is 0. The number of nitrogens with one attached hydrogen (secondary N) is 1. The van der Waals surface area contributed by atoms with Gasteiger partial charge in [0.1, 0.15) is 30.3 Å². The predicted octanol–water partition coefficient (Wildman–Crippen LogP) is 6.08. The van der Waals surface area contributed by atoms with E-state index in [-0.39, 0.29) is 5.75 Å². The molecule has 0 unspecified atom stereocenters. The molecule has 8 heteroatoms. The number of phenols is 1. The van der Waals surface area contributed by atoms with Crippen LogP contribution in [0, 0.1) is 11.3 Å². The molecule has 0 aliphatic carbocycles. The maximum Gasteiger partial charge on any atom is 0.164 e. The van der Waals surface area contributed by atoms with E-state index in [1.807, 2.05) is 54.6 Å². The third-order valence-electron chi connectivity index (χ3n) is 5.17. The van der Waals surface area contributed by atoms with Gasteiger partial charge in [0.2, 0.25) is 0 Å².